The zero-order valence-corrected chi connectivity index (χ0v) is 21.7. The predicted octanol–water partition coefficient (Wildman–Crippen LogP) is 5.37. The van der Waals surface area contributed by atoms with Crippen LogP contribution in [0.3, 0.4) is 0 Å². The molecule has 0 fully saturated rings. The van der Waals surface area contributed by atoms with E-state index in [9.17, 15) is 18.3 Å². The lowest BCUT2D eigenvalue weighted by molar-refractivity contribution is 0.178. The first-order chi connectivity index (χ1) is 16.4. The fourth-order valence-corrected chi connectivity index (χ4v) is 4.90. The number of benzene rings is 2. The van der Waals surface area contributed by atoms with E-state index in [-0.39, 0.29) is 10.3 Å². The van der Waals surface area contributed by atoms with Gasteiger partial charge in [-0.15, -0.1) is 0 Å². The molecule has 1 aromatic heterocycles. The smallest absolute Gasteiger partial charge is 0.421 e. The van der Waals surface area contributed by atoms with Crippen LogP contribution in [0.4, 0.5) is 4.79 Å². The average Bonchev–Trinajstić information content (AvgIpc) is 3.28. The van der Waals surface area contributed by atoms with E-state index in [1.165, 1.54) is 6.07 Å². The molecular formula is C26H33N3O5S. The van der Waals surface area contributed by atoms with Crippen LogP contribution >= 0.6 is 0 Å². The molecule has 0 radical (unpaired) electrons. The van der Waals surface area contributed by atoms with Crippen molar-refractivity contribution in [3.63, 3.8) is 0 Å². The van der Waals surface area contributed by atoms with Crippen LogP contribution in [0.15, 0.2) is 59.8 Å². The quantitative estimate of drug-likeness (QED) is 0.397. The third kappa shape index (κ3) is 6.03. The maximum absolute atomic E-state index is 13.0. The lowest BCUT2D eigenvalue weighted by Crippen LogP contribution is -2.32. The van der Waals surface area contributed by atoms with E-state index in [1.54, 1.807) is 18.3 Å². The Morgan fingerprint density at radius 2 is 1.83 bits per heavy atom. The van der Waals surface area contributed by atoms with Crippen molar-refractivity contribution in [2.45, 2.75) is 57.4 Å². The van der Waals surface area contributed by atoms with Crippen molar-refractivity contribution in [1.29, 1.82) is 0 Å². The molecule has 0 aliphatic rings. The highest BCUT2D eigenvalue weighted by Crippen LogP contribution is 2.33. The number of sulfonamides is 1. The van der Waals surface area contributed by atoms with Crippen LogP contribution in [0, 0.1) is 0 Å². The summed E-state index contributed by atoms with van der Waals surface area (Å²) in [7, 11) is -3.24. The number of nitrogens with zero attached hydrogens (tertiary/aromatic N) is 3. The first kappa shape index (κ1) is 26.3. The molecule has 0 spiro atoms. The van der Waals surface area contributed by atoms with Gasteiger partial charge in [0, 0.05) is 37.0 Å². The third-order valence-corrected chi connectivity index (χ3v) is 7.42. The molecule has 0 bridgehead atoms. The third-order valence-electron chi connectivity index (χ3n) is 5.63. The molecule has 1 amide bonds. The predicted molar refractivity (Wildman–Crippen MR) is 135 cm³/mol. The number of rotatable bonds is 9. The second-order valence-corrected chi connectivity index (χ2v) is 11.4. The number of imidazole rings is 1. The monoisotopic (exact) mass is 499 g/mol. The second-order valence-electron chi connectivity index (χ2n) is 9.44. The van der Waals surface area contributed by atoms with Gasteiger partial charge in [0.1, 0.15) is 11.6 Å². The number of carboxylic acid groups (broad SMARTS) is 1. The number of carbonyl (C=O) groups is 1. The van der Waals surface area contributed by atoms with E-state index in [0.717, 1.165) is 31.3 Å². The number of ether oxygens (including phenoxy) is 1. The Morgan fingerprint density at radius 3 is 2.43 bits per heavy atom. The lowest BCUT2D eigenvalue weighted by Gasteiger charge is -2.20. The van der Waals surface area contributed by atoms with Gasteiger partial charge in [0.25, 0.3) is 10.0 Å². The molecule has 0 aliphatic heterocycles. The molecule has 2 aromatic carbocycles. The fourth-order valence-electron chi connectivity index (χ4n) is 3.70. The van der Waals surface area contributed by atoms with Crippen LogP contribution in [-0.4, -0.2) is 47.1 Å². The molecule has 1 heterocycles. The highest BCUT2D eigenvalue weighted by Gasteiger charge is 2.28. The van der Waals surface area contributed by atoms with E-state index in [2.05, 4.69) is 37.2 Å². The van der Waals surface area contributed by atoms with Gasteiger partial charge < -0.3 is 14.4 Å². The Bertz CT molecular complexity index is 1280. The van der Waals surface area contributed by atoms with Crippen LogP contribution in [0.5, 0.6) is 5.75 Å². The van der Waals surface area contributed by atoms with Crippen LogP contribution in [0.25, 0.3) is 11.1 Å². The van der Waals surface area contributed by atoms with Crippen molar-refractivity contribution in [3.8, 4) is 16.9 Å². The molecular weight excluding hydrogens is 466 g/mol. The molecule has 8 nitrogen and oxygen atoms in total. The molecule has 0 saturated carbocycles. The highest BCUT2D eigenvalue weighted by molar-refractivity contribution is 7.89. The van der Waals surface area contributed by atoms with Crippen molar-refractivity contribution in [2.75, 3.05) is 13.7 Å². The van der Waals surface area contributed by atoms with Crippen LogP contribution in [-0.2, 0) is 22.0 Å². The van der Waals surface area contributed by atoms with E-state index < -0.39 is 16.1 Å². The highest BCUT2D eigenvalue weighted by atomic mass is 32.2. The van der Waals surface area contributed by atoms with Gasteiger partial charge >= 0.3 is 6.09 Å². The summed E-state index contributed by atoms with van der Waals surface area (Å²) in [6.07, 6.45) is 4.02. The Morgan fingerprint density at radius 1 is 1.14 bits per heavy atom. The zero-order valence-electron chi connectivity index (χ0n) is 20.9. The van der Waals surface area contributed by atoms with Crippen molar-refractivity contribution >= 4 is 16.1 Å². The molecule has 35 heavy (non-hydrogen) atoms. The Labute approximate surface area is 207 Å². The van der Waals surface area contributed by atoms with Crippen LogP contribution < -0.4 is 4.74 Å². The lowest BCUT2D eigenvalue weighted by atomic mass is 9.95. The van der Waals surface area contributed by atoms with E-state index in [4.69, 9.17) is 4.74 Å². The topological polar surface area (TPSA) is 102 Å². The van der Waals surface area contributed by atoms with Crippen LogP contribution in [0.1, 0.15) is 51.9 Å². The molecule has 0 atom stereocenters. The van der Waals surface area contributed by atoms with Gasteiger partial charge in [-0.1, -0.05) is 58.4 Å². The molecule has 9 heteroatoms. The van der Waals surface area contributed by atoms with Gasteiger partial charge in [0.05, 0.1) is 11.5 Å². The average molecular weight is 500 g/mol. The summed E-state index contributed by atoms with van der Waals surface area (Å²) in [6.45, 7) is 9.53. The maximum Gasteiger partial charge on any atom is 0.421 e. The summed E-state index contributed by atoms with van der Waals surface area (Å²) in [6, 6.07) is 12.2. The maximum atomic E-state index is 13.0. The fraction of sp³-hybridized carbons (Fsp3) is 0.385. The molecule has 0 saturated heterocycles. The minimum Gasteiger partial charge on any atom is -0.494 e. The van der Waals surface area contributed by atoms with Gasteiger partial charge in [-0.3, -0.25) is 0 Å². The standard InChI is InChI=1S/C26H33N3O5S/c1-6-7-16-34-21-12-13-23(35(32,33)28(5)25(30)31)22(17-21)20-10-8-19(9-11-20)18-29-15-14-27-24(29)26(2,3)4/h8-15,17H,6-7,16,18H2,1-5H3,(H,30,31). The van der Waals surface area contributed by atoms with Crippen molar-refractivity contribution in [1.82, 2.24) is 13.9 Å². The summed E-state index contributed by atoms with van der Waals surface area (Å²) in [5.74, 6) is 1.51. The van der Waals surface area contributed by atoms with Crippen LogP contribution in [0.2, 0.25) is 0 Å². The van der Waals surface area contributed by atoms with Gasteiger partial charge in [-0.25, -0.2) is 22.5 Å². The number of amides is 1. The second kappa shape index (κ2) is 10.5. The molecule has 188 valence electrons. The number of unbranched alkanes of at least 4 members (excludes halogenated alkanes) is 1. The van der Waals surface area contributed by atoms with Gasteiger partial charge in [0.15, 0.2) is 0 Å². The Hall–Kier alpha value is -3.33. The van der Waals surface area contributed by atoms with E-state index >= 15 is 0 Å². The molecule has 0 unspecified atom stereocenters. The molecule has 0 aliphatic carbocycles. The summed E-state index contributed by atoms with van der Waals surface area (Å²) in [5.41, 5.74) is 1.96. The van der Waals surface area contributed by atoms with Crippen molar-refractivity contribution < 1.29 is 23.1 Å². The summed E-state index contributed by atoms with van der Waals surface area (Å²) < 4.78 is 34.3. The van der Waals surface area contributed by atoms with Gasteiger partial charge in [-0.2, -0.15) is 0 Å². The number of hydrogen-bond donors (Lipinski definition) is 1. The molecule has 3 rings (SSSR count). The van der Waals surface area contributed by atoms with E-state index in [1.807, 2.05) is 30.5 Å². The molecule has 1 N–H and O–H groups in total. The number of aromatic nitrogens is 2. The van der Waals surface area contributed by atoms with Crippen molar-refractivity contribution in [2.24, 2.45) is 0 Å². The summed E-state index contributed by atoms with van der Waals surface area (Å²) in [5, 5.41) is 9.29. The summed E-state index contributed by atoms with van der Waals surface area (Å²) in [4.78, 5) is 15.8. The minimum absolute atomic E-state index is 0.0948. The zero-order chi connectivity index (χ0) is 25.8. The van der Waals surface area contributed by atoms with Gasteiger partial charge in [-0.05, 0) is 35.7 Å². The SMILES string of the molecule is CCCCOc1ccc(S(=O)(=O)N(C)C(=O)O)c(-c2ccc(Cn3ccnc3C(C)(C)C)cc2)c1. The summed E-state index contributed by atoms with van der Waals surface area (Å²) >= 11 is 0. The minimum atomic E-state index is -4.27. The molecule has 3 aromatic rings. The number of hydrogen-bond acceptors (Lipinski definition) is 5. The first-order valence-corrected chi connectivity index (χ1v) is 13.0. The van der Waals surface area contributed by atoms with Gasteiger partial charge in [0.2, 0.25) is 0 Å². The Balaban J connectivity index is 1.99. The normalized spacial score (nSPS) is 11.9. The largest absolute Gasteiger partial charge is 0.494 e. The van der Waals surface area contributed by atoms with Crippen molar-refractivity contribution in [3.05, 3.63) is 66.2 Å². The Kier molecular flexibility index (Phi) is 7.90. The first-order valence-electron chi connectivity index (χ1n) is 11.5. The van der Waals surface area contributed by atoms with E-state index in [0.29, 0.717) is 34.3 Å².